The van der Waals surface area contributed by atoms with E-state index in [9.17, 15) is 4.79 Å². The molecule has 0 fully saturated rings. The highest BCUT2D eigenvalue weighted by Crippen LogP contribution is 2.30. The Morgan fingerprint density at radius 1 is 0.933 bits per heavy atom. The fourth-order valence-electron chi connectivity index (χ4n) is 2.88. The predicted octanol–water partition coefficient (Wildman–Crippen LogP) is 7.73. The number of hydrogen-bond donors (Lipinski definition) is 1. The standard InChI is InChI=1S/C22H33Cl3O4Si/c1-2-3-8-15-29-21-18-19(12-14-22(26)27)11-13-20(21)28-16-9-6-4-5-7-10-17-30(23,24)25/h11-14,18H,2-10,15-17H2,1H3,(H,26,27). The maximum atomic E-state index is 10.7. The number of rotatable bonds is 17. The lowest BCUT2D eigenvalue weighted by Gasteiger charge is -2.14. The Bertz CT molecular complexity index is 648. The quantitative estimate of drug-likeness (QED) is 0.104. The van der Waals surface area contributed by atoms with E-state index in [1.807, 2.05) is 18.2 Å². The van der Waals surface area contributed by atoms with E-state index in [1.165, 1.54) is 0 Å². The Labute approximate surface area is 195 Å². The molecule has 0 aliphatic rings. The summed E-state index contributed by atoms with van der Waals surface area (Å²) in [6.07, 6.45) is 12.3. The Kier molecular flexibility index (Phi) is 14.3. The molecule has 0 unspecified atom stereocenters. The zero-order chi connectivity index (χ0) is 22.2. The summed E-state index contributed by atoms with van der Waals surface area (Å²) < 4.78 is 11.8. The minimum absolute atomic E-state index is 0.618. The van der Waals surface area contributed by atoms with E-state index in [2.05, 4.69) is 6.92 Å². The molecule has 0 aliphatic heterocycles. The van der Waals surface area contributed by atoms with E-state index < -0.39 is 12.0 Å². The van der Waals surface area contributed by atoms with Crippen LogP contribution in [0.1, 0.15) is 70.3 Å². The van der Waals surface area contributed by atoms with E-state index in [0.29, 0.717) is 24.7 Å². The zero-order valence-corrected chi connectivity index (χ0v) is 20.9. The normalized spacial score (nSPS) is 11.7. The highest BCUT2D eigenvalue weighted by molar-refractivity contribution is 7.64. The van der Waals surface area contributed by atoms with Crippen molar-refractivity contribution in [3.05, 3.63) is 29.8 Å². The summed E-state index contributed by atoms with van der Waals surface area (Å²) in [6.45, 7) is 3.39. The molecule has 8 heteroatoms. The molecule has 1 aromatic rings. The molecule has 0 bridgehead atoms. The first kappa shape index (κ1) is 27.2. The molecule has 0 aromatic heterocycles. The molecule has 0 atom stereocenters. The van der Waals surface area contributed by atoms with Crippen LogP contribution < -0.4 is 9.47 Å². The second-order valence-corrected chi connectivity index (χ2v) is 16.5. The van der Waals surface area contributed by atoms with Crippen molar-refractivity contribution in [2.45, 2.75) is 70.8 Å². The van der Waals surface area contributed by atoms with Gasteiger partial charge in [0.1, 0.15) is 0 Å². The van der Waals surface area contributed by atoms with Crippen LogP contribution in [0.4, 0.5) is 0 Å². The maximum absolute atomic E-state index is 10.7. The summed E-state index contributed by atoms with van der Waals surface area (Å²) in [7, 11) is 0. The summed E-state index contributed by atoms with van der Waals surface area (Å²) in [4.78, 5) is 10.7. The molecule has 0 heterocycles. The molecule has 170 valence electrons. The van der Waals surface area contributed by atoms with Crippen LogP contribution in [0, 0.1) is 0 Å². The van der Waals surface area contributed by atoms with Gasteiger partial charge < -0.3 is 14.6 Å². The van der Waals surface area contributed by atoms with Crippen LogP contribution in [-0.4, -0.2) is 30.3 Å². The van der Waals surface area contributed by atoms with Gasteiger partial charge in [-0.2, -0.15) is 0 Å². The largest absolute Gasteiger partial charge is 0.490 e. The summed E-state index contributed by atoms with van der Waals surface area (Å²) in [5.74, 6) is 0.385. The second-order valence-electron chi connectivity index (χ2n) is 7.27. The summed E-state index contributed by atoms with van der Waals surface area (Å²) in [6, 6.07) is 3.78. The number of carbonyl (C=O) groups is 1. The highest BCUT2D eigenvalue weighted by atomic mass is 35.8. The first-order valence-electron chi connectivity index (χ1n) is 10.7. The number of hydrogen-bond acceptors (Lipinski definition) is 3. The SMILES string of the molecule is CCCCCOc1cc(C=CC(=O)O)ccc1OCCCCCCCC[Si](Cl)(Cl)Cl. The van der Waals surface area contributed by atoms with E-state index in [4.69, 9.17) is 47.8 Å². The lowest BCUT2D eigenvalue weighted by molar-refractivity contribution is -0.131. The zero-order valence-electron chi connectivity index (χ0n) is 17.7. The van der Waals surface area contributed by atoms with Crippen molar-refractivity contribution in [2.75, 3.05) is 13.2 Å². The van der Waals surface area contributed by atoms with Gasteiger partial charge in [0.05, 0.1) is 13.2 Å². The van der Waals surface area contributed by atoms with Crippen LogP contribution in [-0.2, 0) is 4.79 Å². The number of ether oxygens (including phenoxy) is 2. The third kappa shape index (κ3) is 14.2. The van der Waals surface area contributed by atoms with Crippen molar-refractivity contribution in [3.8, 4) is 11.5 Å². The molecule has 0 saturated heterocycles. The molecule has 0 aliphatic carbocycles. The molecule has 1 N–H and O–H groups in total. The molecule has 0 spiro atoms. The van der Waals surface area contributed by atoms with Gasteiger partial charge in [0.15, 0.2) is 11.5 Å². The fourth-order valence-corrected chi connectivity index (χ4v) is 4.73. The average molecular weight is 496 g/mol. The fraction of sp³-hybridized carbons (Fsp3) is 0.591. The molecule has 4 nitrogen and oxygen atoms in total. The number of unbranched alkanes of at least 4 members (excludes halogenated alkanes) is 7. The van der Waals surface area contributed by atoms with Gasteiger partial charge in [0.2, 0.25) is 0 Å². The lowest BCUT2D eigenvalue weighted by atomic mass is 10.1. The smallest absolute Gasteiger partial charge is 0.341 e. The van der Waals surface area contributed by atoms with E-state index in [1.54, 1.807) is 6.08 Å². The summed E-state index contributed by atoms with van der Waals surface area (Å²) in [5, 5.41) is 8.81. The molecule has 1 rings (SSSR count). The number of carboxylic acid groups (broad SMARTS) is 1. The van der Waals surface area contributed by atoms with Gasteiger partial charge in [0.25, 0.3) is 0 Å². The van der Waals surface area contributed by atoms with Crippen LogP contribution in [0.3, 0.4) is 0 Å². The Morgan fingerprint density at radius 2 is 1.53 bits per heavy atom. The van der Waals surface area contributed by atoms with Crippen LogP contribution in [0.2, 0.25) is 6.04 Å². The van der Waals surface area contributed by atoms with Gasteiger partial charge >= 0.3 is 12.0 Å². The third-order valence-electron chi connectivity index (χ3n) is 4.50. The monoisotopic (exact) mass is 494 g/mol. The first-order chi connectivity index (χ1) is 14.3. The van der Waals surface area contributed by atoms with E-state index in [0.717, 1.165) is 75.5 Å². The second kappa shape index (κ2) is 15.8. The number of halogens is 3. The van der Waals surface area contributed by atoms with Crippen molar-refractivity contribution in [1.29, 1.82) is 0 Å². The third-order valence-corrected chi connectivity index (χ3v) is 7.13. The van der Waals surface area contributed by atoms with E-state index >= 15 is 0 Å². The molecule has 0 saturated carbocycles. The van der Waals surface area contributed by atoms with E-state index in [-0.39, 0.29) is 0 Å². The highest BCUT2D eigenvalue weighted by Gasteiger charge is 2.23. The first-order valence-corrected chi connectivity index (χ1v) is 15.9. The van der Waals surface area contributed by atoms with Crippen molar-refractivity contribution in [3.63, 3.8) is 0 Å². The van der Waals surface area contributed by atoms with Crippen LogP contribution in [0.25, 0.3) is 6.08 Å². The van der Waals surface area contributed by atoms with Gasteiger partial charge in [-0.3, -0.25) is 0 Å². The van der Waals surface area contributed by atoms with Gasteiger partial charge in [-0.1, -0.05) is 57.9 Å². The van der Waals surface area contributed by atoms with Crippen LogP contribution in [0.5, 0.6) is 11.5 Å². The molecule has 30 heavy (non-hydrogen) atoms. The van der Waals surface area contributed by atoms with Crippen molar-refractivity contribution >= 4 is 51.3 Å². The van der Waals surface area contributed by atoms with Crippen molar-refractivity contribution in [1.82, 2.24) is 0 Å². The number of benzene rings is 1. The van der Waals surface area contributed by atoms with Crippen molar-refractivity contribution < 1.29 is 19.4 Å². The Morgan fingerprint density at radius 3 is 2.17 bits per heavy atom. The molecule has 0 amide bonds. The minimum Gasteiger partial charge on any atom is -0.490 e. The van der Waals surface area contributed by atoms with Crippen molar-refractivity contribution in [2.24, 2.45) is 0 Å². The number of aliphatic carboxylic acids is 1. The molecular weight excluding hydrogens is 463 g/mol. The van der Waals surface area contributed by atoms with Gasteiger partial charge in [-0.15, -0.1) is 33.2 Å². The topological polar surface area (TPSA) is 55.8 Å². The Hall–Kier alpha value is -0.883. The number of carboxylic acids is 1. The lowest BCUT2D eigenvalue weighted by Crippen LogP contribution is -2.07. The summed E-state index contributed by atoms with van der Waals surface area (Å²) >= 11 is 17.7. The van der Waals surface area contributed by atoms with Gasteiger partial charge in [-0.05, 0) is 42.7 Å². The van der Waals surface area contributed by atoms with Crippen LogP contribution >= 0.6 is 33.2 Å². The van der Waals surface area contributed by atoms with Crippen LogP contribution in [0.15, 0.2) is 24.3 Å². The molecular formula is C22H33Cl3O4Si. The molecule has 1 aromatic carbocycles. The predicted molar refractivity (Wildman–Crippen MR) is 129 cm³/mol. The Balaban J connectivity index is 2.42. The maximum Gasteiger partial charge on any atom is 0.341 e. The van der Waals surface area contributed by atoms with Gasteiger partial charge in [0, 0.05) is 6.08 Å². The molecule has 0 radical (unpaired) electrons. The summed E-state index contributed by atoms with van der Waals surface area (Å²) in [5.41, 5.74) is 0.771. The van der Waals surface area contributed by atoms with Gasteiger partial charge in [-0.25, -0.2) is 4.79 Å². The minimum atomic E-state index is -2.46. The average Bonchev–Trinajstić information content (AvgIpc) is 2.68.